The molecule has 132 valence electrons. The molecule has 2 atom stereocenters. The lowest BCUT2D eigenvalue weighted by Gasteiger charge is -2.35. The predicted octanol–water partition coefficient (Wildman–Crippen LogP) is 1.99. The number of hydrogen-bond acceptors (Lipinski definition) is 5. The van der Waals surface area contributed by atoms with Gasteiger partial charge in [0.05, 0.1) is 6.54 Å². The summed E-state index contributed by atoms with van der Waals surface area (Å²) in [7, 11) is 0. The van der Waals surface area contributed by atoms with Gasteiger partial charge in [-0.25, -0.2) is 4.98 Å². The number of rotatable bonds is 5. The number of carbonyl (C=O) groups excluding carboxylic acids is 1. The molecule has 1 N–H and O–H groups in total. The van der Waals surface area contributed by atoms with Crippen molar-refractivity contribution in [1.29, 1.82) is 0 Å². The van der Waals surface area contributed by atoms with Crippen molar-refractivity contribution in [2.24, 2.45) is 0 Å². The Morgan fingerprint density at radius 2 is 2.12 bits per heavy atom. The largest absolute Gasteiger partial charge is 0.354 e. The number of nitrogens with one attached hydrogen (secondary N) is 1. The molecule has 1 aromatic rings. The minimum atomic E-state index is 0.188. The zero-order valence-corrected chi connectivity index (χ0v) is 15.3. The van der Waals surface area contributed by atoms with Crippen LogP contribution in [0.2, 0.25) is 0 Å². The smallest absolute Gasteiger partial charge is 0.234 e. The molecule has 1 aliphatic heterocycles. The van der Waals surface area contributed by atoms with Crippen LogP contribution in [-0.4, -0.2) is 66.1 Å². The topological polar surface area (TPSA) is 48.5 Å². The molecule has 0 spiro atoms. The van der Waals surface area contributed by atoms with E-state index in [2.05, 4.69) is 26.4 Å². The average Bonchev–Trinajstić information content (AvgIpc) is 2.63. The monoisotopic (exact) mass is 348 g/mol. The minimum Gasteiger partial charge on any atom is -0.354 e. The number of amides is 1. The maximum atomic E-state index is 12.3. The van der Waals surface area contributed by atoms with Crippen molar-refractivity contribution in [1.82, 2.24) is 15.2 Å². The van der Waals surface area contributed by atoms with E-state index in [9.17, 15) is 4.79 Å². The predicted molar refractivity (Wildman–Crippen MR) is 101 cm³/mol. The number of anilines is 1. The standard InChI is InChI=1S/C18H28N4OS/c1-24-16-6-4-5-15(13-16)20-18(23)14-21-9-11-22(12-10-21)17-7-2-3-8-19-17/h2-3,7-8,15-16H,4-6,9-14H2,1H3,(H,20,23)/t15-,16+/m1/s1. The maximum Gasteiger partial charge on any atom is 0.234 e. The molecule has 24 heavy (non-hydrogen) atoms. The zero-order valence-electron chi connectivity index (χ0n) is 14.5. The van der Waals surface area contributed by atoms with Crippen molar-refractivity contribution in [2.45, 2.75) is 37.0 Å². The highest BCUT2D eigenvalue weighted by molar-refractivity contribution is 7.99. The summed E-state index contributed by atoms with van der Waals surface area (Å²) in [5.41, 5.74) is 0. The molecule has 1 aliphatic carbocycles. The van der Waals surface area contributed by atoms with Gasteiger partial charge in [0.1, 0.15) is 5.82 Å². The summed E-state index contributed by atoms with van der Waals surface area (Å²) in [5, 5.41) is 3.97. The molecule has 1 saturated carbocycles. The molecule has 0 radical (unpaired) electrons. The molecule has 3 rings (SSSR count). The van der Waals surface area contributed by atoms with Crippen molar-refractivity contribution in [3.8, 4) is 0 Å². The Bertz CT molecular complexity index is 519. The third-order valence-corrected chi connectivity index (χ3v) is 6.13. The van der Waals surface area contributed by atoms with Crippen LogP contribution in [0, 0.1) is 0 Å². The normalized spacial score (nSPS) is 25.5. The van der Waals surface area contributed by atoms with Crippen LogP contribution in [0.1, 0.15) is 25.7 Å². The number of carbonyl (C=O) groups is 1. The molecular weight excluding hydrogens is 320 g/mol. The highest BCUT2D eigenvalue weighted by Crippen LogP contribution is 2.26. The summed E-state index contributed by atoms with van der Waals surface area (Å²) in [4.78, 5) is 21.3. The molecule has 0 unspecified atom stereocenters. The van der Waals surface area contributed by atoms with Gasteiger partial charge in [-0.05, 0) is 37.7 Å². The van der Waals surface area contributed by atoms with Gasteiger partial charge in [-0.2, -0.15) is 11.8 Å². The molecular formula is C18H28N4OS. The van der Waals surface area contributed by atoms with E-state index in [-0.39, 0.29) is 5.91 Å². The van der Waals surface area contributed by atoms with Gasteiger partial charge in [-0.3, -0.25) is 9.69 Å². The van der Waals surface area contributed by atoms with Crippen LogP contribution in [0.5, 0.6) is 0 Å². The van der Waals surface area contributed by atoms with E-state index in [0.29, 0.717) is 17.8 Å². The first kappa shape index (κ1) is 17.5. The summed E-state index contributed by atoms with van der Waals surface area (Å²) in [6.07, 6.45) is 8.80. The van der Waals surface area contributed by atoms with Crippen LogP contribution in [0.4, 0.5) is 5.82 Å². The summed E-state index contributed by atoms with van der Waals surface area (Å²) < 4.78 is 0. The van der Waals surface area contributed by atoms with E-state index in [0.717, 1.165) is 44.8 Å². The number of hydrogen-bond donors (Lipinski definition) is 1. The van der Waals surface area contributed by atoms with Crippen molar-refractivity contribution < 1.29 is 4.79 Å². The Balaban J connectivity index is 1.40. The lowest BCUT2D eigenvalue weighted by molar-refractivity contribution is -0.123. The first-order valence-electron chi connectivity index (χ1n) is 8.95. The first-order chi connectivity index (χ1) is 11.7. The van der Waals surface area contributed by atoms with Crippen LogP contribution in [0.3, 0.4) is 0 Å². The Morgan fingerprint density at radius 1 is 1.29 bits per heavy atom. The Labute approximate surface area is 149 Å². The summed E-state index contributed by atoms with van der Waals surface area (Å²) >= 11 is 1.94. The molecule has 2 fully saturated rings. The number of thioether (sulfide) groups is 1. The second-order valence-electron chi connectivity index (χ2n) is 6.74. The molecule has 0 aromatic carbocycles. The summed E-state index contributed by atoms with van der Waals surface area (Å²) in [6.45, 7) is 4.23. The van der Waals surface area contributed by atoms with Gasteiger partial charge < -0.3 is 10.2 Å². The molecule has 5 nitrogen and oxygen atoms in total. The van der Waals surface area contributed by atoms with Crippen LogP contribution in [0.25, 0.3) is 0 Å². The SMILES string of the molecule is CS[C@H]1CCC[C@@H](NC(=O)CN2CCN(c3ccccn3)CC2)C1. The van der Waals surface area contributed by atoms with Gasteiger partial charge in [-0.15, -0.1) is 0 Å². The van der Waals surface area contributed by atoms with Gasteiger partial charge in [0.2, 0.25) is 5.91 Å². The average molecular weight is 349 g/mol. The second kappa shape index (κ2) is 8.72. The van der Waals surface area contributed by atoms with Gasteiger partial charge >= 0.3 is 0 Å². The number of nitrogens with zero attached hydrogens (tertiary/aromatic N) is 3. The van der Waals surface area contributed by atoms with Crippen LogP contribution >= 0.6 is 11.8 Å². The third-order valence-electron chi connectivity index (χ3n) is 5.04. The molecule has 0 bridgehead atoms. The highest BCUT2D eigenvalue weighted by Gasteiger charge is 2.24. The molecule has 1 aromatic heterocycles. The van der Waals surface area contributed by atoms with Crippen molar-refractivity contribution in [3.63, 3.8) is 0 Å². The zero-order chi connectivity index (χ0) is 16.8. The van der Waals surface area contributed by atoms with Crippen molar-refractivity contribution in [2.75, 3.05) is 43.9 Å². The van der Waals surface area contributed by atoms with Crippen LogP contribution < -0.4 is 10.2 Å². The first-order valence-corrected chi connectivity index (χ1v) is 10.2. The Hall–Kier alpha value is -1.27. The van der Waals surface area contributed by atoms with Gasteiger partial charge in [0, 0.05) is 43.7 Å². The molecule has 2 heterocycles. The second-order valence-corrected chi connectivity index (χ2v) is 7.88. The summed E-state index contributed by atoms with van der Waals surface area (Å²) in [6, 6.07) is 6.39. The minimum absolute atomic E-state index is 0.188. The Kier molecular flexibility index (Phi) is 6.37. The fourth-order valence-corrected chi connectivity index (χ4v) is 4.47. The van der Waals surface area contributed by atoms with E-state index in [1.165, 1.54) is 12.8 Å². The molecule has 6 heteroatoms. The van der Waals surface area contributed by atoms with E-state index < -0.39 is 0 Å². The summed E-state index contributed by atoms with van der Waals surface area (Å²) in [5.74, 6) is 1.22. The lowest BCUT2D eigenvalue weighted by atomic mass is 9.95. The van der Waals surface area contributed by atoms with E-state index >= 15 is 0 Å². The molecule has 1 saturated heterocycles. The molecule has 1 amide bonds. The van der Waals surface area contributed by atoms with Gasteiger partial charge in [-0.1, -0.05) is 12.5 Å². The third kappa shape index (κ3) is 4.86. The van der Waals surface area contributed by atoms with Gasteiger partial charge in [0.15, 0.2) is 0 Å². The van der Waals surface area contributed by atoms with E-state index in [1.54, 1.807) is 0 Å². The lowest BCUT2D eigenvalue weighted by Crippen LogP contribution is -2.51. The quantitative estimate of drug-likeness (QED) is 0.882. The fourth-order valence-electron chi connectivity index (χ4n) is 3.64. The van der Waals surface area contributed by atoms with Crippen molar-refractivity contribution >= 4 is 23.5 Å². The van der Waals surface area contributed by atoms with Crippen LogP contribution in [-0.2, 0) is 4.79 Å². The highest BCUT2D eigenvalue weighted by atomic mass is 32.2. The van der Waals surface area contributed by atoms with Crippen molar-refractivity contribution in [3.05, 3.63) is 24.4 Å². The maximum absolute atomic E-state index is 12.3. The Morgan fingerprint density at radius 3 is 2.83 bits per heavy atom. The van der Waals surface area contributed by atoms with E-state index in [1.807, 2.05) is 36.2 Å². The fraction of sp³-hybridized carbons (Fsp3) is 0.667. The van der Waals surface area contributed by atoms with Crippen LogP contribution in [0.15, 0.2) is 24.4 Å². The number of pyridine rings is 1. The number of piperazine rings is 1. The molecule has 2 aliphatic rings. The van der Waals surface area contributed by atoms with Gasteiger partial charge in [0.25, 0.3) is 0 Å². The number of aromatic nitrogens is 1. The van der Waals surface area contributed by atoms with E-state index in [4.69, 9.17) is 0 Å².